The number of aromatic amines is 1. The summed E-state index contributed by atoms with van der Waals surface area (Å²) in [6.07, 6.45) is 4.20. The fourth-order valence-corrected chi connectivity index (χ4v) is 4.22. The molecule has 8 nitrogen and oxygen atoms in total. The summed E-state index contributed by atoms with van der Waals surface area (Å²) < 4.78 is 0. The number of nitrogens with one attached hydrogen (secondary N) is 1. The molecule has 3 aromatic rings. The summed E-state index contributed by atoms with van der Waals surface area (Å²) in [7, 11) is 0. The smallest absolute Gasteiger partial charge is 0.320 e. The summed E-state index contributed by atoms with van der Waals surface area (Å²) in [5, 5.41) is 9.13. The van der Waals surface area contributed by atoms with Crippen molar-refractivity contribution in [2.75, 3.05) is 25.4 Å². The van der Waals surface area contributed by atoms with Crippen molar-refractivity contribution in [2.24, 2.45) is 5.92 Å². The monoisotopic (exact) mass is 431 g/mol. The Hall–Kier alpha value is -3.60. The van der Waals surface area contributed by atoms with Gasteiger partial charge in [-0.2, -0.15) is 10.2 Å². The van der Waals surface area contributed by atoms with E-state index in [0.717, 1.165) is 47.0 Å². The zero-order valence-corrected chi connectivity index (χ0v) is 18.6. The lowest BCUT2D eigenvalue weighted by atomic mass is 9.98. The van der Waals surface area contributed by atoms with Crippen molar-refractivity contribution in [3.8, 4) is 17.2 Å². The lowest BCUT2D eigenvalue weighted by molar-refractivity contribution is 0.135. The molecule has 1 saturated heterocycles. The molecule has 32 heavy (non-hydrogen) atoms. The molecule has 1 aliphatic rings. The normalized spacial score (nSPS) is 14.5. The van der Waals surface area contributed by atoms with E-state index in [1.165, 1.54) is 0 Å². The number of imidazole rings is 1. The Bertz CT molecular complexity index is 1150. The van der Waals surface area contributed by atoms with E-state index in [4.69, 9.17) is 11.0 Å². The Morgan fingerprint density at radius 1 is 1.31 bits per heavy atom. The fraction of sp³-hybridized carbons (Fsp3) is 0.417. The van der Waals surface area contributed by atoms with Crippen LogP contribution in [0.25, 0.3) is 22.3 Å². The van der Waals surface area contributed by atoms with Gasteiger partial charge in [-0.05, 0) is 55.0 Å². The highest BCUT2D eigenvalue weighted by atomic mass is 16.2. The second-order valence-corrected chi connectivity index (χ2v) is 8.45. The van der Waals surface area contributed by atoms with Gasteiger partial charge in [0.25, 0.3) is 0 Å². The minimum Gasteiger partial charge on any atom is -0.369 e. The van der Waals surface area contributed by atoms with Gasteiger partial charge in [0.15, 0.2) is 11.6 Å². The Labute approximate surface area is 188 Å². The minimum absolute atomic E-state index is 0.0593. The molecule has 0 saturated carbocycles. The van der Waals surface area contributed by atoms with Gasteiger partial charge >= 0.3 is 6.03 Å². The molecule has 1 fully saturated rings. The number of rotatable bonds is 5. The van der Waals surface area contributed by atoms with Crippen molar-refractivity contribution in [3.05, 3.63) is 41.6 Å². The van der Waals surface area contributed by atoms with Gasteiger partial charge in [-0.3, -0.25) is 0 Å². The number of hydrogen-bond donors (Lipinski definition) is 2. The van der Waals surface area contributed by atoms with Crippen LogP contribution in [-0.2, 0) is 6.54 Å². The average Bonchev–Trinajstić information content (AvgIpc) is 3.19. The predicted octanol–water partition coefficient (Wildman–Crippen LogP) is 4.08. The maximum Gasteiger partial charge on any atom is 0.320 e. The zero-order chi connectivity index (χ0) is 22.7. The number of carbonyl (C=O) groups excluding carboxylic acids is 1. The molecule has 1 aliphatic heterocycles. The van der Waals surface area contributed by atoms with E-state index in [-0.39, 0.29) is 11.9 Å². The molecular formula is C24H29N7O. The van der Waals surface area contributed by atoms with Gasteiger partial charge in [0.1, 0.15) is 0 Å². The molecule has 2 amide bonds. The molecule has 0 atom stereocenters. The molecule has 0 unspecified atom stereocenters. The number of urea groups is 1. The van der Waals surface area contributed by atoms with E-state index in [1.807, 2.05) is 15.9 Å². The van der Waals surface area contributed by atoms with E-state index in [9.17, 15) is 4.79 Å². The zero-order valence-electron chi connectivity index (χ0n) is 18.6. The van der Waals surface area contributed by atoms with Gasteiger partial charge in [0, 0.05) is 43.9 Å². The van der Waals surface area contributed by atoms with Gasteiger partial charge in [0.05, 0.1) is 11.6 Å². The van der Waals surface area contributed by atoms with Crippen LogP contribution in [0.5, 0.6) is 0 Å². The third-order valence-electron chi connectivity index (χ3n) is 6.11. The molecule has 4 rings (SSSR count). The molecule has 0 spiro atoms. The topological polar surface area (TPSA) is 115 Å². The first-order valence-electron chi connectivity index (χ1n) is 11.1. The SMILES string of the molecule is CCCN(Cc1cc(-c2cnc3nc(N)[nH]c3c2)ccc1C)C(=O)N1CCC(C#N)CC1. The van der Waals surface area contributed by atoms with Crippen LogP contribution in [-0.4, -0.2) is 50.4 Å². The first-order valence-corrected chi connectivity index (χ1v) is 11.1. The molecule has 3 heterocycles. The van der Waals surface area contributed by atoms with Crippen LogP contribution in [0.15, 0.2) is 30.5 Å². The number of fused-ring (bicyclic) bond motifs is 1. The van der Waals surface area contributed by atoms with Gasteiger partial charge in [0.2, 0.25) is 0 Å². The number of pyridine rings is 1. The summed E-state index contributed by atoms with van der Waals surface area (Å²) in [5.74, 6) is 0.413. The number of H-pyrrole nitrogens is 1. The highest BCUT2D eigenvalue weighted by Gasteiger charge is 2.26. The second kappa shape index (κ2) is 9.27. The van der Waals surface area contributed by atoms with E-state index < -0.39 is 0 Å². The number of carbonyl (C=O) groups is 1. The summed E-state index contributed by atoms with van der Waals surface area (Å²) in [4.78, 5) is 28.6. The largest absolute Gasteiger partial charge is 0.369 e. The first kappa shape index (κ1) is 21.6. The van der Waals surface area contributed by atoms with Crippen LogP contribution in [0.1, 0.15) is 37.3 Å². The molecular weight excluding hydrogens is 402 g/mol. The highest BCUT2D eigenvalue weighted by Crippen LogP contribution is 2.26. The lowest BCUT2D eigenvalue weighted by Gasteiger charge is -2.34. The number of aryl methyl sites for hydroxylation is 1. The van der Waals surface area contributed by atoms with Gasteiger partial charge in [-0.15, -0.1) is 0 Å². The first-order chi connectivity index (χ1) is 15.5. The van der Waals surface area contributed by atoms with Crippen LogP contribution < -0.4 is 5.73 Å². The maximum absolute atomic E-state index is 13.2. The predicted molar refractivity (Wildman–Crippen MR) is 124 cm³/mol. The van der Waals surface area contributed by atoms with Crippen LogP contribution in [0.2, 0.25) is 0 Å². The number of anilines is 1. The van der Waals surface area contributed by atoms with Crippen molar-refractivity contribution < 1.29 is 4.79 Å². The second-order valence-electron chi connectivity index (χ2n) is 8.45. The van der Waals surface area contributed by atoms with Crippen molar-refractivity contribution >= 4 is 23.1 Å². The fourth-order valence-electron chi connectivity index (χ4n) is 4.22. The van der Waals surface area contributed by atoms with Crippen LogP contribution >= 0.6 is 0 Å². The van der Waals surface area contributed by atoms with Gasteiger partial charge in [-0.25, -0.2) is 9.78 Å². The summed E-state index contributed by atoms with van der Waals surface area (Å²) >= 11 is 0. The summed E-state index contributed by atoms with van der Waals surface area (Å²) in [6.45, 7) is 6.70. The van der Waals surface area contributed by atoms with Gasteiger partial charge in [-0.1, -0.05) is 19.1 Å². The number of benzene rings is 1. The summed E-state index contributed by atoms with van der Waals surface area (Å²) in [6, 6.07) is 10.7. The lowest BCUT2D eigenvalue weighted by Crippen LogP contribution is -2.46. The Morgan fingerprint density at radius 3 is 2.81 bits per heavy atom. The number of hydrogen-bond acceptors (Lipinski definition) is 5. The minimum atomic E-state index is 0.0593. The number of nitriles is 1. The van der Waals surface area contributed by atoms with E-state index >= 15 is 0 Å². The van der Waals surface area contributed by atoms with Crippen LogP contribution in [0, 0.1) is 24.2 Å². The Morgan fingerprint density at radius 2 is 2.09 bits per heavy atom. The molecule has 8 heteroatoms. The average molecular weight is 432 g/mol. The summed E-state index contributed by atoms with van der Waals surface area (Å²) in [5.41, 5.74) is 11.4. The van der Waals surface area contributed by atoms with E-state index in [2.05, 4.69) is 53.1 Å². The molecule has 2 aromatic heterocycles. The molecule has 0 aliphatic carbocycles. The standard InChI is InChI=1S/C24H29N7O/c1-3-8-31(24(32)30-9-6-17(13-25)7-10-30)15-20-11-18(5-4-16(20)2)19-12-21-22(27-14-19)29-23(26)28-21/h4-5,11-12,14,17H,3,6-10,15H2,1-2H3,(H3,26,27,28,29). The third kappa shape index (κ3) is 4.52. The van der Waals surface area contributed by atoms with Crippen LogP contribution in [0.4, 0.5) is 10.7 Å². The van der Waals surface area contributed by atoms with Crippen LogP contribution in [0.3, 0.4) is 0 Å². The van der Waals surface area contributed by atoms with E-state index in [1.54, 1.807) is 6.20 Å². The van der Waals surface area contributed by atoms with Crippen molar-refractivity contribution in [1.82, 2.24) is 24.8 Å². The van der Waals surface area contributed by atoms with Crippen molar-refractivity contribution in [1.29, 1.82) is 5.26 Å². The highest BCUT2D eigenvalue weighted by molar-refractivity contribution is 5.80. The molecule has 166 valence electrons. The number of aromatic nitrogens is 3. The maximum atomic E-state index is 13.2. The number of nitrogens with zero attached hydrogens (tertiary/aromatic N) is 5. The number of amides is 2. The Balaban J connectivity index is 1.56. The molecule has 1 aromatic carbocycles. The third-order valence-corrected chi connectivity index (χ3v) is 6.11. The number of nitrogen functional groups attached to an aromatic ring is 1. The number of nitrogens with two attached hydrogens (primary N) is 1. The molecule has 3 N–H and O–H groups in total. The molecule has 0 bridgehead atoms. The van der Waals surface area contributed by atoms with Crippen molar-refractivity contribution in [3.63, 3.8) is 0 Å². The Kier molecular flexibility index (Phi) is 6.26. The van der Waals surface area contributed by atoms with E-state index in [0.29, 0.717) is 37.8 Å². The quantitative estimate of drug-likeness (QED) is 0.631. The van der Waals surface area contributed by atoms with Gasteiger partial charge < -0.3 is 20.5 Å². The number of likely N-dealkylation sites (tertiary alicyclic amines) is 1. The molecule has 0 radical (unpaired) electrons. The number of piperidine rings is 1. The van der Waals surface area contributed by atoms with Crippen molar-refractivity contribution in [2.45, 2.75) is 39.7 Å².